The Kier molecular flexibility index (Phi) is 1.34. The van der Waals surface area contributed by atoms with Crippen LogP contribution in [0.1, 0.15) is 6.92 Å². The number of carbonyl (C=O) groups excluding carboxylic acids is 2. The minimum absolute atomic E-state index is 0.206. The van der Waals surface area contributed by atoms with E-state index >= 15 is 0 Å². The number of likely N-dealkylation sites (N-methyl/N-ethyl adjacent to an activating group) is 1. The molecule has 0 N–H and O–H groups in total. The van der Waals surface area contributed by atoms with Crippen molar-refractivity contribution in [1.82, 2.24) is 4.90 Å². The molecule has 0 atom stereocenters. The molecule has 0 radical (unpaired) electrons. The minimum Gasteiger partial charge on any atom is -0.276 e. The van der Waals surface area contributed by atoms with Crippen LogP contribution in [-0.4, -0.2) is 23.3 Å². The third-order valence-corrected chi connectivity index (χ3v) is 1.22. The zero-order valence-corrected chi connectivity index (χ0v) is 5.13. The highest BCUT2D eigenvalue weighted by Gasteiger charge is 2.20. The van der Waals surface area contributed by atoms with Gasteiger partial charge in [0.2, 0.25) is 0 Å². The van der Waals surface area contributed by atoms with E-state index in [1.54, 1.807) is 6.92 Å². The Balaban J connectivity index is 2.75. The standard InChI is InChI=1S/C6H7NO2/c1-2-7-5(8)3-4-6(7)9/h3-4H,2H2,1H3. The Hall–Kier alpha value is -1.12. The highest BCUT2D eigenvalue weighted by molar-refractivity contribution is 6.12. The van der Waals surface area contributed by atoms with Gasteiger partial charge >= 0.3 is 0 Å². The van der Waals surface area contributed by atoms with Crippen molar-refractivity contribution in [3.8, 4) is 0 Å². The maximum absolute atomic E-state index is 10.6. The largest absolute Gasteiger partial charge is 0.276 e. The molecule has 0 saturated heterocycles. The van der Waals surface area contributed by atoms with Crippen molar-refractivity contribution in [2.75, 3.05) is 6.54 Å². The van der Waals surface area contributed by atoms with Crippen molar-refractivity contribution in [2.24, 2.45) is 0 Å². The Morgan fingerprint density at radius 1 is 1.33 bits per heavy atom. The second-order valence-corrected chi connectivity index (χ2v) is 1.75. The second kappa shape index (κ2) is 2.01. The summed E-state index contributed by atoms with van der Waals surface area (Å²) < 4.78 is 0. The highest BCUT2D eigenvalue weighted by atomic mass is 16.2. The van der Waals surface area contributed by atoms with Gasteiger partial charge in [-0.05, 0) is 6.92 Å². The molecule has 1 heterocycles. The third-order valence-electron chi connectivity index (χ3n) is 1.22. The second-order valence-electron chi connectivity index (χ2n) is 1.75. The van der Waals surface area contributed by atoms with Crippen LogP contribution in [0, 0.1) is 0 Å². The molecule has 0 aliphatic carbocycles. The van der Waals surface area contributed by atoms with Crippen molar-refractivity contribution in [1.29, 1.82) is 0 Å². The van der Waals surface area contributed by atoms with Gasteiger partial charge in [0.05, 0.1) is 0 Å². The average molecular weight is 125 g/mol. The van der Waals surface area contributed by atoms with E-state index in [0.717, 1.165) is 0 Å². The number of amides is 2. The molecule has 1 aliphatic rings. The average Bonchev–Trinajstić information content (AvgIpc) is 2.12. The summed E-state index contributed by atoms with van der Waals surface area (Å²) in [7, 11) is 0. The van der Waals surface area contributed by atoms with E-state index in [9.17, 15) is 9.59 Å². The fraction of sp³-hybridized carbons (Fsp3) is 0.333. The fourth-order valence-electron chi connectivity index (χ4n) is 0.743. The molecule has 0 bridgehead atoms. The lowest BCUT2D eigenvalue weighted by Crippen LogP contribution is -2.29. The number of hydrogen-bond donors (Lipinski definition) is 0. The molecule has 0 fully saturated rings. The predicted octanol–water partition coefficient (Wildman–Crippen LogP) is -0.0687. The van der Waals surface area contributed by atoms with Gasteiger partial charge < -0.3 is 0 Å². The highest BCUT2D eigenvalue weighted by Crippen LogP contribution is 2.00. The van der Waals surface area contributed by atoms with Crippen LogP contribution in [0.15, 0.2) is 12.2 Å². The molecule has 0 aromatic carbocycles. The number of hydrogen-bond acceptors (Lipinski definition) is 2. The normalized spacial score (nSPS) is 17.7. The Bertz CT molecular complexity index is 165. The number of imide groups is 1. The third kappa shape index (κ3) is 0.850. The summed E-state index contributed by atoms with van der Waals surface area (Å²) in [6.07, 6.45) is 2.57. The lowest BCUT2D eigenvalue weighted by atomic mass is 10.5. The Morgan fingerprint density at radius 2 is 1.78 bits per heavy atom. The van der Waals surface area contributed by atoms with Gasteiger partial charge in [0.1, 0.15) is 0 Å². The number of rotatable bonds is 1. The van der Waals surface area contributed by atoms with Crippen LogP contribution in [0.3, 0.4) is 0 Å². The summed E-state index contributed by atoms with van der Waals surface area (Å²) >= 11 is 0. The van der Waals surface area contributed by atoms with Gasteiger partial charge in [-0.25, -0.2) is 0 Å². The fourth-order valence-corrected chi connectivity index (χ4v) is 0.743. The zero-order valence-electron chi connectivity index (χ0n) is 5.13. The van der Waals surface area contributed by atoms with Crippen LogP contribution >= 0.6 is 0 Å². The van der Waals surface area contributed by atoms with Gasteiger partial charge in [0.15, 0.2) is 0 Å². The molecule has 9 heavy (non-hydrogen) atoms. The van der Waals surface area contributed by atoms with Crippen molar-refractivity contribution in [3.63, 3.8) is 0 Å². The van der Waals surface area contributed by atoms with Crippen molar-refractivity contribution in [2.45, 2.75) is 6.92 Å². The summed E-state index contributed by atoms with van der Waals surface area (Å²) in [6, 6.07) is 0. The van der Waals surface area contributed by atoms with Crippen LogP contribution < -0.4 is 0 Å². The predicted molar refractivity (Wildman–Crippen MR) is 31.5 cm³/mol. The molecule has 1 rings (SSSR count). The lowest BCUT2D eigenvalue weighted by Gasteiger charge is -2.08. The minimum atomic E-state index is -0.206. The molecule has 1 aliphatic heterocycles. The van der Waals surface area contributed by atoms with Crippen molar-refractivity contribution < 1.29 is 9.59 Å². The van der Waals surface area contributed by atoms with Crippen molar-refractivity contribution >= 4 is 11.8 Å². The summed E-state index contributed by atoms with van der Waals surface area (Å²) in [4.78, 5) is 22.4. The molecule has 3 heteroatoms. The molecule has 0 unspecified atom stereocenters. The van der Waals surface area contributed by atoms with Gasteiger partial charge in [-0.15, -0.1) is 0 Å². The van der Waals surface area contributed by atoms with E-state index < -0.39 is 0 Å². The van der Waals surface area contributed by atoms with E-state index in [2.05, 4.69) is 0 Å². The van der Waals surface area contributed by atoms with Gasteiger partial charge in [-0.3, -0.25) is 14.5 Å². The van der Waals surface area contributed by atoms with E-state index in [1.807, 2.05) is 0 Å². The molecular weight excluding hydrogens is 118 g/mol. The Morgan fingerprint density at radius 3 is 2.00 bits per heavy atom. The van der Waals surface area contributed by atoms with Crippen LogP contribution in [0.4, 0.5) is 0 Å². The van der Waals surface area contributed by atoms with Crippen LogP contribution in [-0.2, 0) is 9.59 Å². The monoisotopic (exact) mass is 125 g/mol. The van der Waals surface area contributed by atoms with Crippen LogP contribution in [0.2, 0.25) is 0 Å². The summed E-state index contributed by atoms with van der Waals surface area (Å²) in [6.45, 7) is 2.23. The first-order valence-electron chi connectivity index (χ1n) is 2.79. The first-order chi connectivity index (χ1) is 4.25. The molecule has 0 spiro atoms. The lowest BCUT2D eigenvalue weighted by molar-refractivity contribution is -0.136. The van der Waals surface area contributed by atoms with Gasteiger partial charge in [-0.1, -0.05) is 0 Å². The smallest absolute Gasteiger partial charge is 0.253 e. The molecule has 0 aromatic rings. The summed E-state index contributed by atoms with van der Waals surface area (Å²) in [5, 5.41) is 0. The summed E-state index contributed by atoms with van der Waals surface area (Å²) in [5.41, 5.74) is 0. The first-order valence-corrected chi connectivity index (χ1v) is 2.79. The molecule has 2 amide bonds. The molecular formula is C6H7NO2. The topological polar surface area (TPSA) is 37.4 Å². The van der Waals surface area contributed by atoms with Gasteiger partial charge in [0, 0.05) is 18.7 Å². The van der Waals surface area contributed by atoms with Crippen molar-refractivity contribution in [3.05, 3.63) is 12.2 Å². The maximum atomic E-state index is 10.6. The Labute approximate surface area is 53.0 Å². The first kappa shape index (κ1) is 6.01. The van der Waals surface area contributed by atoms with E-state index in [0.29, 0.717) is 6.54 Å². The van der Waals surface area contributed by atoms with E-state index in [4.69, 9.17) is 0 Å². The van der Waals surface area contributed by atoms with Gasteiger partial charge in [-0.2, -0.15) is 0 Å². The summed E-state index contributed by atoms with van der Waals surface area (Å²) in [5.74, 6) is -0.412. The molecule has 48 valence electrons. The van der Waals surface area contributed by atoms with Crippen LogP contribution in [0.5, 0.6) is 0 Å². The quantitative estimate of drug-likeness (QED) is 0.460. The van der Waals surface area contributed by atoms with Crippen LogP contribution in [0.25, 0.3) is 0 Å². The molecule has 0 aromatic heterocycles. The van der Waals surface area contributed by atoms with E-state index in [-0.39, 0.29) is 11.8 Å². The number of carbonyl (C=O) groups is 2. The molecule has 3 nitrogen and oxygen atoms in total. The van der Waals surface area contributed by atoms with Gasteiger partial charge in [0.25, 0.3) is 11.8 Å². The maximum Gasteiger partial charge on any atom is 0.253 e. The number of nitrogens with zero attached hydrogens (tertiary/aromatic N) is 1. The SMILES string of the molecule is CCN1C(=O)C=CC1=O. The zero-order chi connectivity index (χ0) is 6.85. The molecule has 0 saturated carbocycles. The van der Waals surface area contributed by atoms with E-state index in [1.165, 1.54) is 17.1 Å².